The fourth-order valence-electron chi connectivity index (χ4n) is 3.89. The lowest BCUT2D eigenvalue weighted by atomic mass is 10.2. The first-order valence-electron chi connectivity index (χ1n) is 9.99. The van der Waals surface area contributed by atoms with Crippen LogP contribution < -0.4 is 4.90 Å². The standard InChI is InChI=1S/C23H19ClFN5O/c24-18-5-3-4-16(14-18)22-27-26-21-15-17(8-9-30(21)22)23(31)29-12-10-28(11-13-29)20-7-2-1-6-19(20)25/h1-9,14-15H,10-13H2. The van der Waals surface area contributed by atoms with E-state index in [-0.39, 0.29) is 11.7 Å². The second kappa shape index (κ2) is 8.00. The molecule has 1 saturated heterocycles. The van der Waals surface area contributed by atoms with Crippen LogP contribution in [0.4, 0.5) is 10.1 Å². The molecule has 31 heavy (non-hydrogen) atoms. The molecule has 8 heteroatoms. The zero-order chi connectivity index (χ0) is 21.4. The minimum absolute atomic E-state index is 0.0667. The number of halogens is 2. The lowest BCUT2D eigenvalue weighted by molar-refractivity contribution is 0.0746. The number of anilines is 1. The number of aromatic nitrogens is 3. The SMILES string of the molecule is O=C(c1ccn2c(-c3cccc(Cl)c3)nnc2c1)N1CCN(c2ccccc2F)CC1. The number of nitrogens with zero attached hydrogens (tertiary/aromatic N) is 5. The van der Waals surface area contributed by atoms with Crippen LogP contribution in [0.15, 0.2) is 66.9 Å². The molecule has 1 aliphatic heterocycles. The molecule has 0 bridgehead atoms. The van der Waals surface area contributed by atoms with Crippen molar-refractivity contribution in [3.05, 3.63) is 83.3 Å². The summed E-state index contributed by atoms with van der Waals surface area (Å²) >= 11 is 6.09. The van der Waals surface area contributed by atoms with Crippen LogP contribution in [-0.2, 0) is 0 Å². The van der Waals surface area contributed by atoms with Gasteiger partial charge < -0.3 is 9.80 Å². The zero-order valence-corrected chi connectivity index (χ0v) is 17.3. The van der Waals surface area contributed by atoms with Gasteiger partial charge in [0.1, 0.15) is 5.82 Å². The molecular weight excluding hydrogens is 417 g/mol. The third-order valence-electron chi connectivity index (χ3n) is 5.50. The predicted octanol–water partition coefficient (Wildman–Crippen LogP) is 4.15. The lowest BCUT2D eigenvalue weighted by Crippen LogP contribution is -2.49. The Hall–Kier alpha value is -3.45. The van der Waals surface area contributed by atoms with Crippen molar-refractivity contribution in [2.45, 2.75) is 0 Å². The molecule has 2 aromatic carbocycles. The molecule has 0 radical (unpaired) electrons. The van der Waals surface area contributed by atoms with E-state index in [9.17, 15) is 9.18 Å². The average molecular weight is 436 g/mol. The summed E-state index contributed by atoms with van der Waals surface area (Å²) in [6, 6.07) is 17.6. The molecule has 6 nitrogen and oxygen atoms in total. The molecule has 0 unspecified atom stereocenters. The number of benzene rings is 2. The maximum absolute atomic E-state index is 14.0. The van der Waals surface area contributed by atoms with Gasteiger partial charge in [0.2, 0.25) is 0 Å². The van der Waals surface area contributed by atoms with Gasteiger partial charge in [-0.1, -0.05) is 35.9 Å². The van der Waals surface area contributed by atoms with E-state index in [0.717, 1.165) is 5.56 Å². The molecule has 156 valence electrons. The molecule has 0 atom stereocenters. The number of pyridine rings is 1. The number of rotatable bonds is 3. The minimum Gasteiger partial charge on any atom is -0.366 e. The molecule has 1 amide bonds. The van der Waals surface area contributed by atoms with Crippen LogP contribution >= 0.6 is 11.6 Å². The molecule has 5 rings (SSSR count). The highest BCUT2D eigenvalue weighted by atomic mass is 35.5. The first-order chi connectivity index (χ1) is 15.1. The van der Waals surface area contributed by atoms with Crippen LogP contribution in [0.1, 0.15) is 10.4 Å². The van der Waals surface area contributed by atoms with E-state index in [1.807, 2.05) is 33.6 Å². The Morgan fingerprint density at radius 3 is 2.52 bits per heavy atom. The van der Waals surface area contributed by atoms with Crippen molar-refractivity contribution in [1.29, 1.82) is 0 Å². The van der Waals surface area contributed by atoms with Crippen LogP contribution in [0, 0.1) is 5.82 Å². The smallest absolute Gasteiger partial charge is 0.254 e. The fraction of sp³-hybridized carbons (Fsp3) is 0.174. The van der Waals surface area contributed by atoms with Crippen LogP contribution in [0.25, 0.3) is 17.0 Å². The maximum atomic E-state index is 14.0. The first kappa shape index (κ1) is 19.5. The molecule has 3 heterocycles. The fourth-order valence-corrected chi connectivity index (χ4v) is 4.08. The van der Waals surface area contributed by atoms with E-state index in [1.165, 1.54) is 6.07 Å². The predicted molar refractivity (Wildman–Crippen MR) is 118 cm³/mol. The van der Waals surface area contributed by atoms with Gasteiger partial charge in [0.05, 0.1) is 5.69 Å². The van der Waals surface area contributed by atoms with Gasteiger partial charge in [0.25, 0.3) is 5.91 Å². The Morgan fingerprint density at radius 2 is 1.74 bits per heavy atom. The van der Waals surface area contributed by atoms with Crippen molar-refractivity contribution in [2.75, 3.05) is 31.1 Å². The van der Waals surface area contributed by atoms with Gasteiger partial charge in [-0.05, 0) is 36.4 Å². The third-order valence-corrected chi connectivity index (χ3v) is 5.73. The minimum atomic E-state index is -0.241. The summed E-state index contributed by atoms with van der Waals surface area (Å²) in [6.45, 7) is 2.22. The number of para-hydroxylation sites is 1. The summed E-state index contributed by atoms with van der Waals surface area (Å²) in [6.07, 6.45) is 1.80. The monoisotopic (exact) mass is 435 g/mol. The second-order valence-electron chi connectivity index (χ2n) is 7.41. The van der Waals surface area contributed by atoms with E-state index in [2.05, 4.69) is 10.2 Å². The number of hydrogen-bond donors (Lipinski definition) is 0. The summed E-state index contributed by atoms with van der Waals surface area (Å²) in [4.78, 5) is 16.8. The molecule has 1 aliphatic rings. The Labute approximate surface area is 183 Å². The third kappa shape index (κ3) is 3.72. The van der Waals surface area contributed by atoms with Crippen LogP contribution in [0.2, 0.25) is 5.02 Å². The van der Waals surface area contributed by atoms with E-state index in [4.69, 9.17) is 11.6 Å². The quantitative estimate of drug-likeness (QED) is 0.485. The van der Waals surface area contributed by atoms with Crippen LogP contribution in [0.5, 0.6) is 0 Å². The first-order valence-corrected chi connectivity index (χ1v) is 10.4. The Morgan fingerprint density at radius 1 is 0.935 bits per heavy atom. The van der Waals surface area contributed by atoms with Gasteiger partial charge in [0, 0.05) is 48.5 Å². The average Bonchev–Trinajstić information content (AvgIpc) is 3.22. The number of carbonyl (C=O) groups excluding carboxylic acids is 1. The van der Waals surface area contributed by atoms with Crippen molar-refractivity contribution in [1.82, 2.24) is 19.5 Å². The Kier molecular flexibility index (Phi) is 5.03. The second-order valence-corrected chi connectivity index (χ2v) is 7.84. The van der Waals surface area contributed by atoms with Crippen molar-refractivity contribution in [2.24, 2.45) is 0 Å². The summed E-state index contributed by atoms with van der Waals surface area (Å²) in [5.74, 6) is 0.355. The number of amides is 1. The van der Waals surface area contributed by atoms with Gasteiger partial charge in [-0.25, -0.2) is 4.39 Å². The van der Waals surface area contributed by atoms with Gasteiger partial charge >= 0.3 is 0 Å². The highest BCUT2D eigenvalue weighted by Gasteiger charge is 2.24. The van der Waals surface area contributed by atoms with E-state index < -0.39 is 0 Å². The number of fused-ring (bicyclic) bond motifs is 1. The molecule has 0 N–H and O–H groups in total. The van der Waals surface area contributed by atoms with Crippen molar-refractivity contribution < 1.29 is 9.18 Å². The molecule has 2 aromatic heterocycles. The van der Waals surface area contributed by atoms with Gasteiger partial charge in [-0.15, -0.1) is 10.2 Å². The van der Waals surface area contributed by atoms with Crippen molar-refractivity contribution in [3.63, 3.8) is 0 Å². The topological polar surface area (TPSA) is 53.7 Å². The number of piperazine rings is 1. The van der Waals surface area contributed by atoms with E-state index >= 15 is 0 Å². The summed E-state index contributed by atoms with van der Waals surface area (Å²) < 4.78 is 15.9. The lowest BCUT2D eigenvalue weighted by Gasteiger charge is -2.36. The normalized spacial score (nSPS) is 14.3. The highest BCUT2D eigenvalue weighted by Crippen LogP contribution is 2.23. The van der Waals surface area contributed by atoms with E-state index in [0.29, 0.717) is 53.9 Å². The van der Waals surface area contributed by atoms with Gasteiger partial charge in [0.15, 0.2) is 11.5 Å². The molecular formula is C23H19ClFN5O. The van der Waals surface area contributed by atoms with Crippen molar-refractivity contribution >= 4 is 28.8 Å². The molecule has 4 aromatic rings. The zero-order valence-electron chi connectivity index (χ0n) is 16.6. The molecule has 0 aliphatic carbocycles. The molecule has 0 saturated carbocycles. The van der Waals surface area contributed by atoms with Crippen LogP contribution in [0.3, 0.4) is 0 Å². The number of hydrogen-bond acceptors (Lipinski definition) is 4. The van der Waals surface area contributed by atoms with Crippen molar-refractivity contribution in [3.8, 4) is 11.4 Å². The van der Waals surface area contributed by atoms with Gasteiger partial charge in [-0.2, -0.15) is 0 Å². The largest absolute Gasteiger partial charge is 0.366 e. The Bertz CT molecular complexity index is 1270. The summed E-state index contributed by atoms with van der Waals surface area (Å²) in [5, 5.41) is 9.10. The molecule has 1 fully saturated rings. The highest BCUT2D eigenvalue weighted by molar-refractivity contribution is 6.30. The maximum Gasteiger partial charge on any atom is 0.254 e. The Balaban J connectivity index is 1.33. The van der Waals surface area contributed by atoms with Gasteiger partial charge in [-0.3, -0.25) is 9.20 Å². The number of carbonyl (C=O) groups is 1. The summed E-state index contributed by atoms with van der Waals surface area (Å²) in [5.41, 5.74) is 2.57. The molecule has 0 spiro atoms. The van der Waals surface area contributed by atoms with E-state index in [1.54, 1.807) is 41.4 Å². The summed E-state index contributed by atoms with van der Waals surface area (Å²) in [7, 11) is 0. The van der Waals surface area contributed by atoms with Crippen LogP contribution in [-0.4, -0.2) is 51.6 Å².